The Morgan fingerprint density at radius 3 is 2.57 bits per heavy atom. The highest BCUT2D eigenvalue weighted by molar-refractivity contribution is 7.91. The van der Waals surface area contributed by atoms with Gasteiger partial charge in [0.1, 0.15) is 12.4 Å². The number of anilines is 1. The van der Waals surface area contributed by atoms with Crippen LogP contribution in [0.1, 0.15) is 18.1 Å². The summed E-state index contributed by atoms with van der Waals surface area (Å²) in [5.41, 5.74) is 1.82. The fraction of sp³-hybridized carbons (Fsp3) is 0.190. The molecule has 0 fully saturated rings. The largest absolute Gasteiger partial charge is 0.324 e. The van der Waals surface area contributed by atoms with Gasteiger partial charge in [-0.25, -0.2) is 17.5 Å². The van der Waals surface area contributed by atoms with E-state index in [0.717, 1.165) is 40.1 Å². The van der Waals surface area contributed by atoms with Gasteiger partial charge in [-0.05, 0) is 48.7 Å². The van der Waals surface area contributed by atoms with E-state index in [-0.39, 0.29) is 4.90 Å². The lowest BCUT2D eigenvalue weighted by atomic mass is 10.1. The van der Waals surface area contributed by atoms with Crippen LogP contribution < -0.4 is 10.9 Å². The molecule has 0 aliphatic carbocycles. The molecule has 0 aliphatic heterocycles. The summed E-state index contributed by atoms with van der Waals surface area (Å²) in [6, 6.07) is 12.1. The highest BCUT2D eigenvalue weighted by Crippen LogP contribution is 2.21. The number of nitrogens with one attached hydrogen (secondary N) is 1. The maximum absolute atomic E-state index is 13.4. The lowest BCUT2D eigenvalue weighted by molar-refractivity contribution is -0.117. The number of hydrogen-bond donors (Lipinski definition) is 1. The van der Waals surface area contributed by atoms with Crippen molar-refractivity contribution in [1.29, 1.82) is 0 Å². The van der Waals surface area contributed by atoms with Crippen molar-refractivity contribution < 1.29 is 17.6 Å². The highest BCUT2D eigenvalue weighted by atomic mass is 32.2. The van der Waals surface area contributed by atoms with Crippen molar-refractivity contribution in [3.8, 4) is 0 Å². The zero-order chi connectivity index (χ0) is 21.9. The Morgan fingerprint density at radius 1 is 1.13 bits per heavy atom. The number of rotatable bonds is 6. The molecule has 0 saturated carbocycles. The minimum absolute atomic E-state index is 0.294. The molecule has 1 heterocycles. The summed E-state index contributed by atoms with van der Waals surface area (Å²) < 4.78 is 39.6. The number of nitrogens with zero attached hydrogens (tertiary/aromatic N) is 2. The molecule has 3 rings (SSSR count). The maximum Gasteiger partial charge on any atom is 0.267 e. The van der Waals surface area contributed by atoms with Crippen LogP contribution >= 0.6 is 0 Å². The number of aromatic nitrogens is 2. The molecule has 1 N–H and O–H groups in total. The van der Waals surface area contributed by atoms with Crippen molar-refractivity contribution in [1.82, 2.24) is 9.78 Å². The molecule has 1 aromatic heterocycles. The molecule has 0 spiro atoms. The number of sulfone groups is 1. The van der Waals surface area contributed by atoms with Gasteiger partial charge in [-0.15, -0.1) is 0 Å². The standard InChI is InChI=1S/C21H20FN3O4S/c1-3-15-7-4-6-14(2)21(15)23-18(26)13-25-20(27)11-10-19(24-25)30(28,29)17-9-5-8-16(22)12-17/h4-12H,3,13H2,1-2H3,(H,23,26). The fourth-order valence-electron chi connectivity index (χ4n) is 2.96. The lowest BCUT2D eigenvalue weighted by Gasteiger charge is -2.13. The van der Waals surface area contributed by atoms with Crippen molar-refractivity contribution in [2.45, 2.75) is 36.7 Å². The summed E-state index contributed by atoms with van der Waals surface area (Å²) in [5.74, 6) is -1.23. The number of para-hydroxylation sites is 1. The third-order valence-electron chi connectivity index (χ3n) is 4.52. The van der Waals surface area contributed by atoms with Gasteiger partial charge in [0.15, 0.2) is 5.03 Å². The third kappa shape index (κ3) is 4.46. The van der Waals surface area contributed by atoms with Crippen LogP contribution in [0.25, 0.3) is 0 Å². The number of carbonyl (C=O) groups is 1. The highest BCUT2D eigenvalue weighted by Gasteiger charge is 2.21. The number of hydrogen-bond acceptors (Lipinski definition) is 5. The fourth-order valence-corrected chi connectivity index (χ4v) is 4.18. The lowest BCUT2D eigenvalue weighted by Crippen LogP contribution is -2.30. The second-order valence-electron chi connectivity index (χ2n) is 6.64. The van der Waals surface area contributed by atoms with E-state index in [9.17, 15) is 22.4 Å². The van der Waals surface area contributed by atoms with Crippen LogP contribution in [0, 0.1) is 12.7 Å². The second-order valence-corrected chi connectivity index (χ2v) is 8.54. The van der Waals surface area contributed by atoms with Gasteiger partial charge < -0.3 is 5.32 Å². The summed E-state index contributed by atoms with van der Waals surface area (Å²) in [4.78, 5) is 24.4. The topological polar surface area (TPSA) is 98.1 Å². The Labute approximate surface area is 173 Å². The number of halogens is 1. The second kappa shape index (κ2) is 8.58. The minimum Gasteiger partial charge on any atom is -0.324 e. The molecule has 3 aromatic rings. The number of benzene rings is 2. The van der Waals surface area contributed by atoms with Gasteiger partial charge >= 0.3 is 0 Å². The number of amides is 1. The molecule has 2 aromatic carbocycles. The predicted octanol–water partition coefficient (Wildman–Crippen LogP) is 2.72. The normalized spacial score (nSPS) is 11.3. The maximum atomic E-state index is 13.4. The number of carbonyl (C=O) groups excluding carboxylic acids is 1. The van der Waals surface area contributed by atoms with Gasteiger partial charge in [-0.3, -0.25) is 9.59 Å². The van der Waals surface area contributed by atoms with Gasteiger partial charge in [0.2, 0.25) is 15.7 Å². The summed E-state index contributed by atoms with van der Waals surface area (Å²) in [6.07, 6.45) is 0.705. The molecule has 0 aliphatic rings. The third-order valence-corrected chi connectivity index (χ3v) is 6.16. The van der Waals surface area contributed by atoms with Gasteiger partial charge in [0, 0.05) is 11.8 Å². The molecule has 7 nitrogen and oxygen atoms in total. The Balaban J connectivity index is 1.90. The van der Waals surface area contributed by atoms with E-state index in [0.29, 0.717) is 12.1 Å². The van der Waals surface area contributed by atoms with Gasteiger partial charge in [0.25, 0.3) is 5.56 Å². The SMILES string of the molecule is CCc1cccc(C)c1NC(=O)Cn1nc(S(=O)(=O)c2cccc(F)c2)ccc1=O. The summed E-state index contributed by atoms with van der Waals surface area (Å²) in [7, 11) is -4.16. The Hall–Kier alpha value is -3.33. The first-order valence-electron chi connectivity index (χ1n) is 9.19. The zero-order valence-corrected chi connectivity index (χ0v) is 17.2. The van der Waals surface area contributed by atoms with Crippen LogP contribution in [-0.2, 0) is 27.6 Å². The molecule has 0 unspecified atom stereocenters. The van der Waals surface area contributed by atoms with Crippen molar-refractivity contribution in [2.24, 2.45) is 0 Å². The van der Waals surface area contributed by atoms with Crippen molar-refractivity contribution in [3.63, 3.8) is 0 Å². The van der Waals surface area contributed by atoms with E-state index in [4.69, 9.17) is 0 Å². The van der Waals surface area contributed by atoms with Crippen LogP contribution in [-0.4, -0.2) is 24.1 Å². The van der Waals surface area contributed by atoms with Crippen LogP contribution in [0.2, 0.25) is 0 Å². The summed E-state index contributed by atoms with van der Waals surface area (Å²) in [6.45, 7) is 3.34. The van der Waals surface area contributed by atoms with E-state index in [1.807, 2.05) is 32.0 Å². The van der Waals surface area contributed by atoms with Gasteiger partial charge in [0.05, 0.1) is 4.90 Å². The molecular weight excluding hydrogens is 409 g/mol. The molecule has 156 valence electrons. The summed E-state index contributed by atoms with van der Waals surface area (Å²) >= 11 is 0. The zero-order valence-electron chi connectivity index (χ0n) is 16.4. The quantitative estimate of drug-likeness (QED) is 0.650. The smallest absolute Gasteiger partial charge is 0.267 e. The molecule has 1 amide bonds. The molecule has 0 bridgehead atoms. The first-order chi connectivity index (χ1) is 14.2. The van der Waals surface area contributed by atoms with Crippen LogP contribution in [0.4, 0.5) is 10.1 Å². The number of aryl methyl sites for hydroxylation is 2. The van der Waals surface area contributed by atoms with E-state index >= 15 is 0 Å². The van der Waals surface area contributed by atoms with E-state index in [1.54, 1.807) is 0 Å². The van der Waals surface area contributed by atoms with Crippen LogP contribution in [0.15, 0.2) is 69.3 Å². The van der Waals surface area contributed by atoms with Crippen molar-refractivity contribution in [2.75, 3.05) is 5.32 Å². The average molecular weight is 429 g/mol. The Bertz CT molecular complexity index is 1270. The van der Waals surface area contributed by atoms with Gasteiger partial charge in [-0.1, -0.05) is 31.2 Å². The van der Waals surface area contributed by atoms with E-state index < -0.39 is 38.7 Å². The first-order valence-corrected chi connectivity index (χ1v) is 10.7. The minimum atomic E-state index is -4.16. The van der Waals surface area contributed by atoms with Crippen LogP contribution in [0.3, 0.4) is 0 Å². The van der Waals surface area contributed by atoms with E-state index in [1.165, 1.54) is 12.1 Å². The monoisotopic (exact) mass is 429 g/mol. The van der Waals surface area contributed by atoms with Gasteiger partial charge in [-0.2, -0.15) is 5.10 Å². The van der Waals surface area contributed by atoms with Crippen molar-refractivity contribution >= 4 is 21.4 Å². The average Bonchev–Trinajstić information content (AvgIpc) is 2.71. The molecule has 30 heavy (non-hydrogen) atoms. The Kier molecular flexibility index (Phi) is 6.12. The van der Waals surface area contributed by atoms with Crippen LogP contribution in [0.5, 0.6) is 0 Å². The molecular formula is C21H20FN3O4S. The summed E-state index contributed by atoms with van der Waals surface area (Å²) in [5, 5.41) is 6.14. The van der Waals surface area contributed by atoms with Crippen molar-refractivity contribution in [3.05, 3.63) is 81.9 Å². The van der Waals surface area contributed by atoms with E-state index in [2.05, 4.69) is 10.4 Å². The molecule has 0 atom stereocenters. The first kappa shape index (κ1) is 21.4. The molecule has 0 radical (unpaired) electrons. The molecule has 9 heteroatoms. The Morgan fingerprint density at radius 2 is 1.87 bits per heavy atom. The predicted molar refractivity (Wildman–Crippen MR) is 110 cm³/mol. The molecule has 0 saturated heterocycles.